The van der Waals surface area contributed by atoms with Crippen molar-refractivity contribution < 1.29 is 9.59 Å². The van der Waals surface area contributed by atoms with Crippen LogP contribution in [0.25, 0.3) is 0 Å². The van der Waals surface area contributed by atoms with Crippen molar-refractivity contribution in [2.24, 2.45) is 5.92 Å². The molecule has 17 heavy (non-hydrogen) atoms. The summed E-state index contributed by atoms with van der Waals surface area (Å²) in [5, 5.41) is 5.95. The molecule has 2 aliphatic rings. The molecule has 0 bridgehead atoms. The summed E-state index contributed by atoms with van der Waals surface area (Å²) < 4.78 is 0. The molecular weight excluding hydrogens is 218 g/mol. The largest absolute Gasteiger partial charge is 0.351 e. The molecule has 0 aromatic rings. The number of carbonyl (C=O) groups excluding carboxylic acids is 2. The first kappa shape index (κ1) is 12.4. The van der Waals surface area contributed by atoms with Crippen molar-refractivity contribution in [3.05, 3.63) is 0 Å². The van der Waals surface area contributed by atoms with E-state index < -0.39 is 0 Å². The van der Waals surface area contributed by atoms with Gasteiger partial charge in [-0.3, -0.25) is 9.59 Å². The summed E-state index contributed by atoms with van der Waals surface area (Å²) in [5.41, 5.74) is 0. The summed E-state index contributed by atoms with van der Waals surface area (Å²) in [4.78, 5) is 25.4. The molecule has 1 heterocycles. The van der Waals surface area contributed by atoms with E-state index in [0.29, 0.717) is 25.6 Å². The Labute approximate surface area is 102 Å². The van der Waals surface area contributed by atoms with Crippen LogP contribution >= 0.6 is 0 Å². The highest BCUT2D eigenvalue weighted by atomic mass is 16.2. The molecule has 2 N–H and O–H groups in total. The van der Waals surface area contributed by atoms with Crippen molar-refractivity contribution in [2.45, 2.75) is 38.3 Å². The zero-order valence-corrected chi connectivity index (χ0v) is 10.5. The number of nitrogens with one attached hydrogen (secondary N) is 2. The second-order valence-corrected chi connectivity index (χ2v) is 5.15. The van der Waals surface area contributed by atoms with Gasteiger partial charge in [-0.2, -0.15) is 0 Å². The van der Waals surface area contributed by atoms with Gasteiger partial charge in [0.15, 0.2) is 0 Å². The zero-order valence-electron chi connectivity index (χ0n) is 10.5. The van der Waals surface area contributed by atoms with Crippen LogP contribution in [0, 0.1) is 5.92 Å². The van der Waals surface area contributed by atoms with Crippen LogP contribution in [0.2, 0.25) is 0 Å². The molecule has 0 aromatic carbocycles. The number of amides is 2. The van der Waals surface area contributed by atoms with E-state index in [2.05, 4.69) is 10.6 Å². The SMILES string of the molecule is CNCC(C)C(=O)NC1CC(=O)N(C2CC2)C1. The van der Waals surface area contributed by atoms with E-state index in [1.165, 1.54) is 0 Å². The lowest BCUT2D eigenvalue weighted by Gasteiger charge is -2.18. The first-order valence-corrected chi connectivity index (χ1v) is 6.36. The number of rotatable bonds is 5. The number of carbonyl (C=O) groups is 2. The maximum absolute atomic E-state index is 11.8. The van der Waals surface area contributed by atoms with E-state index in [9.17, 15) is 9.59 Å². The van der Waals surface area contributed by atoms with E-state index in [-0.39, 0.29) is 23.8 Å². The standard InChI is InChI=1S/C12H21N3O2/c1-8(6-13-2)12(17)14-9-5-11(16)15(7-9)10-3-4-10/h8-10,13H,3-7H2,1-2H3,(H,14,17). The summed E-state index contributed by atoms with van der Waals surface area (Å²) >= 11 is 0. The molecule has 2 atom stereocenters. The smallest absolute Gasteiger partial charge is 0.225 e. The van der Waals surface area contributed by atoms with Gasteiger partial charge in [-0.05, 0) is 19.9 Å². The van der Waals surface area contributed by atoms with E-state index in [1.54, 1.807) is 0 Å². The van der Waals surface area contributed by atoms with Gasteiger partial charge in [0.1, 0.15) is 0 Å². The predicted molar refractivity (Wildman–Crippen MR) is 64.4 cm³/mol. The summed E-state index contributed by atoms with van der Waals surface area (Å²) in [7, 11) is 1.83. The fourth-order valence-corrected chi connectivity index (χ4v) is 2.31. The molecule has 0 spiro atoms. The van der Waals surface area contributed by atoms with Crippen LogP contribution in [0.1, 0.15) is 26.2 Å². The van der Waals surface area contributed by atoms with Crippen molar-refractivity contribution in [3.8, 4) is 0 Å². The Morgan fingerprint density at radius 1 is 1.53 bits per heavy atom. The molecule has 1 aliphatic heterocycles. The number of hydrogen-bond acceptors (Lipinski definition) is 3. The van der Waals surface area contributed by atoms with Gasteiger partial charge in [0.2, 0.25) is 11.8 Å². The number of likely N-dealkylation sites (tertiary alicyclic amines) is 1. The van der Waals surface area contributed by atoms with Gasteiger partial charge >= 0.3 is 0 Å². The quantitative estimate of drug-likeness (QED) is 0.694. The van der Waals surface area contributed by atoms with Gasteiger partial charge in [0.05, 0.1) is 6.04 Å². The Kier molecular flexibility index (Phi) is 3.66. The van der Waals surface area contributed by atoms with Crippen molar-refractivity contribution >= 4 is 11.8 Å². The maximum atomic E-state index is 11.8. The van der Waals surface area contributed by atoms with E-state index >= 15 is 0 Å². The van der Waals surface area contributed by atoms with E-state index in [4.69, 9.17) is 0 Å². The van der Waals surface area contributed by atoms with Gasteiger partial charge in [-0.15, -0.1) is 0 Å². The molecule has 1 saturated carbocycles. The van der Waals surface area contributed by atoms with Crippen LogP contribution in [0.4, 0.5) is 0 Å². The maximum Gasteiger partial charge on any atom is 0.225 e. The molecule has 0 radical (unpaired) electrons. The molecule has 5 heteroatoms. The summed E-state index contributed by atoms with van der Waals surface area (Å²) in [5.74, 6) is 0.180. The average Bonchev–Trinajstić information content (AvgIpc) is 3.04. The minimum Gasteiger partial charge on any atom is -0.351 e. The lowest BCUT2D eigenvalue weighted by molar-refractivity contribution is -0.128. The normalized spacial score (nSPS) is 26.1. The number of hydrogen-bond donors (Lipinski definition) is 2. The highest BCUT2D eigenvalue weighted by Crippen LogP contribution is 2.30. The molecule has 2 rings (SSSR count). The predicted octanol–water partition coefficient (Wildman–Crippen LogP) is -0.279. The van der Waals surface area contributed by atoms with E-state index in [1.807, 2.05) is 18.9 Å². The van der Waals surface area contributed by atoms with Gasteiger partial charge in [0, 0.05) is 31.5 Å². The van der Waals surface area contributed by atoms with Crippen LogP contribution in [0.15, 0.2) is 0 Å². The summed E-state index contributed by atoms with van der Waals surface area (Å²) in [6.07, 6.45) is 2.72. The fourth-order valence-electron chi connectivity index (χ4n) is 2.31. The zero-order chi connectivity index (χ0) is 12.4. The number of nitrogens with zero attached hydrogens (tertiary/aromatic N) is 1. The topological polar surface area (TPSA) is 61.4 Å². The van der Waals surface area contributed by atoms with E-state index in [0.717, 1.165) is 12.8 Å². The first-order valence-electron chi connectivity index (χ1n) is 6.36. The average molecular weight is 239 g/mol. The monoisotopic (exact) mass is 239 g/mol. The summed E-state index contributed by atoms with van der Waals surface area (Å²) in [6.45, 7) is 3.25. The second-order valence-electron chi connectivity index (χ2n) is 5.15. The Bertz CT molecular complexity index is 315. The fraction of sp³-hybridized carbons (Fsp3) is 0.833. The lowest BCUT2D eigenvalue weighted by Crippen LogP contribution is -2.42. The minimum atomic E-state index is -0.0509. The molecule has 2 amide bonds. The molecule has 1 aliphatic carbocycles. The summed E-state index contributed by atoms with van der Waals surface area (Å²) in [6, 6.07) is 0.467. The third-order valence-electron chi connectivity index (χ3n) is 3.45. The van der Waals surface area contributed by atoms with Crippen molar-refractivity contribution in [3.63, 3.8) is 0 Å². The third-order valence-corrected chi connectivity index (χ3v) is 3.45. The minimum absolute atomic E-state index is 0.00917. The molecule has 2 fully saturated rings. The molecule has 5 nitrogen and oxygen atoms in total. The van der Waals surface area contributed by atoms with Crippen molar-refractivity contribution in [2.75, 3.05) is 20.1 Å². The van der Waals surface area contributed by atoms with Crippen molar-refractivity contribution in [1.82, 2.24) is 15.5 Å². The highest BCUT2D eigenvalue weighted by Gasteiger charge is 2.39. The Balaban J connectivity index is 1.80. The molecule has 0 aromatic heterocycles. The van der Waals surface area contributed by atoms with Crippen LogP contribution in [0.5, 0.6) is 0 Å². The van der Waals surface area contributed by atoms with Crippen LogP contribution in [-0.4, -0.2) is 48.9 Å². The van der Waals surface area contributed by atoms with Crippen LogP contribution < -0.4 is 10.6 Å². The first-order chi connectivity index (χ1) is 8.11. The third kappa shape index (κ3) is 2.97. The van der Waals surface area contributed by atoms with Crippen LogP contribution in [0.3, 0.4) is 0 Å². The van der Waals surface area contributed by atoms with Gasteiger partial charge in [0.25, 0.3) is 0 Å². The van der Waals surface area contributed by atoms with Crippen LogP contribution in [-0.2, 0) is 9.59 Å². The Morgan fingerprint density at radius 3 is 2.82 bits per heavy atom. The molecular formula is C12H21N3O2. The second kappa shape index (κ2) is 5.04. The van der Waals surface area contributed by atoms with Gasteiger partial charge < -0.3 is 15.5 Å². The molecule has 2 unspecified atom stereocenters. The molecule has 1 saturated heterocycles. The molecule has 96 valence electrons. The van der Waals surface area contributed by atoms with Crippen molar-refractivity contribution in [1.29, 1.82) is 0 Å². The van der Waals surface area contributed by atoms with Gasteiger partial charge in [-0.1, -0.05) is 6.92 Å². The lowest BCUT2D eigenvalue weighted by atomic mass is 10.1. The highest BCUT2D eigenvalue weighted by molar-refractivity contribution is 5.83. The Morgan fingerprint density at radius 2 is 2.24 bits per heavy atom. The Hall–Kier alpha value is -1.10. The van der Waals surface area contributed by atoms with Gasteiger partial charge in [-0.25, -0.2) is 0 Å².